The summed E-state index contributed by atoms with van der Waals surface area (Å²) >= 11 is 2.69. The van der Waals surface area contributed by atoms with E-state index in [1.54, 1.807) is 0 Å². The number of rotatable bonds is 0. The molecule has 0 unspecified atom stereocenters. The van der Waals surface area contributed by atoms with Gasteiger partial charge in [-0.15, -0.1) is 0 Å². The van der Waals surface area contributed by atoms with Crippen LogP contribution in [-0.2, 0) is 0 Å². The summed E-state index contributed by atoms with van der Waals surface area (Å²) in [5.74, 6) is 0. The largest absolute Gasteiger partial charge is 0.344 e. The molecule has 0 aromatic heterocycles. The molecule has 0 aromatic carbocycles. The molecule has 0 amide bonds. The van der Waals surface area contributed by atoms with Crippen molar-refractivity contribution in [1.82, 2.24) is 6.15 Å². The summed E-state index contributed by atoms with van der Waals surface area (Å²) < 4.78 is -0.806. The molecule has 0 radical (unpaired) electrons. The van der Waals surface area contributed by atoms with Crippen LogP contribution in [0.4, 0.5) is 0 Å². The van der Waals surface area contributed by atoms with Crippen molar-refractivity contribution in [2.24, 2.45) is 0 Å². The second-order valence-corrected chi connectivity index (χ2v) is 0.564. The van der Waals surface area contributed by atoms with Crippen LogP contribution in [0.1, 0.15) is 0 Å². The molecule has 32 valence electrons. The maximum atomic E-state index is 8.67. The third kappa shape index (κ3) is 129. The monoisotopic (exact) mass is 96.0 g/mol. The first-order valence-electron chi connectivity index (χ1n) is 0.565. The van der Waals surface area contributed by atoms with Crippen molar-refractivity contribution in [3.8, 4) is 0 Å². The van der Waals surface area contributed by atoms with Gasteiger partial charge in [0, 0.05) is 0 Å². The van der Waals surface area contributed by atoms with E-state index >= 15 is 0 Å². The number of nitrogens with zero attached hydrogens (tertiary/aromatic N) is 1. The molecule has 0 aliphatic carbocycles. The van der Waals surface area contributed by atoms with E-state index in [1.165, 1.54) is 0 Å². The summed E-state index contributed by atoms with van der Waals surface area (Å²) in [5, 5.41) is 8.67. The minimum absolute atomic E-state index is 0. The molecule has 0 saturated carbocycles. The van der Waals surface area contributed by atoms with Gasteiger partial charge in [0.1, 0.15) is 0 Å². The van der Waals surface area contributed by atoms with Crippen LogP contribution in [0.5, 0.6) is 0 Å². The summed E-state index contributed by atoms with van der Waals surface area (Å²) in [6.45, 7) is 0. The van der Waals surface area contributed by atoms with Crippen molar-refractivity contribution < 1.29 is 4.33 Å². The Balaban J connectivity index is 0. The van der Waals surface area contributed by atoms with Crippen LogP contribution in [-0.4, -0.2) is 4.33 Å². The lowest BCUT2D eigenvalue weighted by Gasteiger charge is -1.58. The molecule has 5 heavy (non-hydrogen) atoms. The molecule has 3 N–H and O–H groups in total. The minimum atomic E-state index is -0.806. The fourth-order valence-electron chi connectivity index (χ4n) is 0. The average Bonchev–Trinajstić information content (AvgIpc) is 0.811. The van der Waals surface area contributed by atoms with Crippen molar-refractivity contribution in [3.05, 3.63) is 10.1 Å². The highest BCUT2D eigenvalue weighted by Crippen LogP contribution is 1.63. The van der Waals surface area contributed by atoms with Gasteiger partial charge in [-0.1, -0.05) is 0 Å². The molecule has 0 saturated heterocycles. The zero-order valence-electron chi connectivity index (χ0n) is 2.42. The van der Waals surface area contributed by atoms with Crippen LogP contribution in [0.2, 0.25) is 0 Å². The molecule has 0 atom stereocenters. The van der Waals surface area contributed by atoms with E-state index in [2.05, 4.69) is 12.8 Å². The average molecular weight is 96.1 g/mol. The number of thiol groups is 1. The summed E-state index contributed by atoms with van der Waals surface area (Å²) in [4.78, 5) is 8.67. The van der Waals surface area contributed by atoms with Crippen LogP contribution in [0.15, 0.2) is 0 Å². The Morgan fingerprint density at radius 2 is 1.80 bits per heavy atom. The highest BCUT2D eigenvalue weighted by Gasteiger charge is 1.62. The van der Waals surface area contributed by atoms with Crippen LogP contribution in [0, 0.1) is 10.1 Å². The fourth-order valence-corrected chi connectivity index (χ4v) is 0. The summed E-state index contributed by atoms with van der Waals surface area (Å²) in [5.41, 5.74) is 0. The van der Waals surface area contributed by atoms with Gasteiger partial charge in [0.15, 0.2) is 0 Å². The topological polar surface area (TPSA) is 78.1 Å². The van der Waals surface area contributed by atoms with Crippen molar-refractivity contribution in [2.45, 2.75) is 0 Å². The van der Waals surface area contributed by atoms with Gasteiger partial charge in [0.2, 0.25) is 12.8 Å². The Hall–Kier alpha value is -0.290. The molecule has 5 heteroatoms. The van der Waals surface area contributed by atoms with Crippen molar-refractivity contribution in [3.63, 3.8) is 0 Å². The molecule has 0 aliphatic heterocycles. The zero-order valence-corrected chi connectivity index (χ0v) is 3.31. The molecule has 0 fully saturated rings. The van der Waals surface area contributed by atoms with Crippen LogP contribution in [0.25, 0.3) is 0 Å². The third-order valence-corrected chi connectivity index (χ3v) is 0. The Bertz CT molecular complexity index is 30.6. The first-order chi connectivity index (χ1) is 1.73. The number of hydrogen-bond acceptors (Lipinski definition) is 3. The Morgan fingerprint density at radius 3 is 1.80 bits per heavy atom. The van der Waals surface area contributed by atoms with Crippen LogP contribution in [0.3, 0.4) is 0 Å². The first kappa shape index (κ1) is 8.83. The summed E-state index contributed by atoms with van der Waals surface area (Å²) in [6.07, 6.45) is 0. The molecule has 4 nitrogen and oxygen atoms in total. The first-order valence-corrected chi connectivity index (χ1v) is 0.965. The van der Waals surface area contributed by atoms with Gasteiger partial charge < -0.3 is 6.15 Å². The normalized spacial score (nSPS) is 5.00. The molecular formula is H4N2O2S. The SMILES string of the molecule is N.O=[N+]([O-])S. The van der Waals surface area contributed by atoms with Gasteiger partial charge >= 0.3 is 0 Å². The standard InChI is InChI=1S/HNO2S.H3N/c2-1(3)4;/h4H;1H3. The van der Waals surface area contributed by atoms with Crippen molar-refractivity contribution in [1.29, 1.82) is 0 Å². The molecule has 0 spiro atoms. The fraction of sp³-hybridized carbons (Fsp3) is 0. The molecule has 0 rings (SSSR count). The lowest BCUT2D eigenvalue weighted by molar-refractivity contribution is -0.278. The van der Waals surface area contributed by atoms with Crippen LogP contribution < -0.4 is 6.15 Å². The lowest BCUT2D eigenvalue weighted by Crippen LogP contribution is -1.66. The van der Waals surface area contributed by atoms with Gasteiger partial charge in [-0.2, -0.15) is 0 Å². The van der Waals surface area contributed by atoms with Gasteiger partial charge in [0.25, 0.3) is 0 Å². The molecular weight excluding hydrogens is 92.1 g/mol. The minimum Gasteiger partial charge on any atom is -0.344 e. The Morgan fingerprint density at radius 1 is 1.80 bits per heavy atom. The van der Waals surface area contributed by atoms with Crippen molar-refractivity contribution in [2.75, 3.05) is 0 Å². The molecule has 0 aliphatic rings. The summed E-state index contributed by atoms with van der Waals surface area (Å²) in [6, 6.07) is 0. The highest BCUT2D eigenvalue weighted by molar-refractivity contribution is 7.73. The van der Waals surface area contributed by atoms with E-state index < -0.39 is 4.33 Å². The lowest BCUT2D eigenvalue weighted by atomic mass is 13.4. The van der Waals surface area contributed by atoms with E-state index in [-0.39, 0.29) is 6.15 Å². The van der Waals surface area contributed by atoms with Gasteiger partial charge in [-0.3, -0.25) is 10.1 Å². The van der Waals surface area contributed by atoms with Crippen molar-refractivity contribution >= 4 is 12.8 Å². The van der Waals surface area contributed by atoms with E-state index in [9.17, 15) is 0 Å². The van der Waals surface area contributed by atoms with Gasteiger partial charge in [-0.25, -0.2) is 0 Å². The molecule has 0 bridgehead atoms. The highest BCUT2D eigenvalue weighted by atomic mass is 32.1. The van der Waals surface area contributed by atoms with E-state index in [0.29, 0.717) is 0 Å². The maximum Gasteiger partial charge on any atom is 0.213 e. The Labute approximate surface area is 34.5 Å². The van der Waals surface area contributed by atoms with Crippen LogP contribution >= 0.6 is 12.8 Å². The van der Waals surface area contributed by atoms with Gasteiger partial charge in [0.05, 0.1) is 4.33 Å². The summed E-state index contributed by atoms with van der Waals surface area (Å²) in [7, 11) is 0. The predicted octanol–water partition coefficient (Wildman–Crippen LogP) is 0.270. The zero-order chi connectivity index (χ0) is 3.58. The maximum absolute atomic E-state index is 8.67. The molecule has 0 heterocycles. The smallest absolute Gasteiger partial charge is 0.213 e. The van der Waals surface area contributed by atoms with E-state index in [1.807, 2.05) is 0 Å². The quantitative estimate of drug-likeness (QED) is 0.258. The van der Waals surface area contributed by atoms with E-state index in [0.717, 1.165) is 0 Å². The second kappa shape index (κ2) is 3.71. The van der Waals surface area contributed by atoms with Gasteiger partial charge in [-0.05, 0) is 0 Å². The third-order valence-electron chi connectivity index (χ3n) is 0. The predicted molar refractivity (Wildman–Crippen MR) is 21.0 cm³/mol. The molecule has 0 aromatic rings. The van der Waals surface area contributed by atoms with E-state index in [4.69, 9.17) is 10.1 Å². The Kier molecular flexibility index (Phi) is 6.55. The number of hydrogen-bond donors (Lipinski definition) is 2. The number of nitro groups is 1. The second-order valence-electron chi connectivity index (χ2n) is 0.238.